The van der Waals surface area contributed by atoms with E-state index in [2.05, 4.69) is 16.3 Å². The van der Waals surface area contributed by atoms with Crippen LogP contribution in [-0.2, 0) is 22.6 Å². The standard InChI is InChI=1S/C20H18Cl2N2O2.C16H12Cl2N2O/c1-3-26-20(25)9-8-18-16-7-4-13(2)10-19(16)24(23-18)12-14-5-6-15(21)11-17(14)22;1-10-2-5-13-15(9-21)19-20(16(13)6-10)8-11-3-4-12(17)7-14(11)18/h4-11H,3,12H2,1-2H3;2-7,9H,8H2,1H3/b9-8+;. The maximum Gasteiger partial charge on any atom is 0.330 e. The van der Waals surface area contributed by atoms with E-state index >= 15 is 0 Å². The molecule has 0 bridgehead atoms. The Balaban J connectivity index is 0.000000189. The second-order valence-electron chi connectivity index (χ2n) is 10.8. The van der Waals surface area contributed by atoms with Crippen LogP contribution in [0.4, 0.5) is 0 Å². The predicted molar refractivity (Wildman–Crippen MR) is 191 cm³/mol. The zero-order valence-corrected chi connectivity index (χ0v) is 28.8. The third-order valence-electron chi connectivity index (χ3n) is 7.32. The Morgan fingerprint density at radius 3 is 1.68 bits per heavy atom. The van der Waals surface area contributed by atoms with Crippen LogP contribution in [0, 0.1) is 13.8 Å². The van der Waals surface area contributed by atoms with E-state index < -0.39 is 0 Å². The van der Waals surface area contributed by atoms with Crippen LogP contribution in [-0.4, -0.2) is 38.4 Å². The number of rotatable bonds is 8. The molecule has 0 aliphatic rings. The summed E-state index contributed by atoms with van der Waals surface area (Å²) in [6.07, 6.45) is 3.85. The van der Waals surface area contributed by atoms with E-state index in [1.807, 2.05) is 61.0 Å². The molecular formula is C36H30Cl4N4O3. The molecule has 0 unspecified atom stereocenters. The van der Waals surface area contributed by atoms with Gasteiger partial charge in [-0.25, -0.2) is 4.79 Å². The highest BCUT2D eigenvalue weighted by atomic mass is 35.5. The molecule has 0 fully saturated rings. The van der Waals surface area contributed by atoms with E-state index in [0.29, 0.717) is 51.2 Å². The molecule has 0 N–H and O–H groups in total. The van der Waals surface area contributed by atoms with E-state index in [1.54, 1.807) is 41.9 Å². The average Bonchev–Trinajstić information content (AvgIpc) is 3.55. The fourth-order valence-electron chi connectivity index (χ4n) is 5.03. The number of aromatic nitrogens is 4. The van der Waals surface area contributed by atoms with Gasteiger partial charge in [-0.05, 0) is 85.5 Å². The number of benzene rings is 4. The van der Waals surface area contributed by atoms with Crippen LogP contribution in [0.1, 0.15) is 45.4 Å². The molecule has 0 radical (unpaired) electrons. The Labute approximate surface area is 292 Å². The van der Waals surface area contributed by atoms with Crippen molar-refractivity contribution in [2.24, 2.45) is 0 Å². The molecule has 7 nitrogen and oxygen atoms in total. The van der Waals surface area contributed by atoms with E-state index in [-0.39, 0.29) is 5.97 Å². The Kier molecular flexibility index (Phi) is 11.0. The summed E-state index contributed by atoms with van der Waals surface area (Å²) < 4.78 is 8.60. The lowest BCUT2D eigenvalue weighted by molar-refractivity contribution is -0.137. The molecular weight excluding hydrogens is 678 g/mol. The first kappa shape index (κ1) is 34.2. The summed E-state index contributed by atoms with van der Waals surface area (Å²) in [5, 5.41) is 13.2. The van der Waals surface area contributed by atoms with Crippen LogP contribution in [0.15, 0.2) is 78.9 Å². The highest BCUT2D eigenvalue weighted by molar-refractivity contribution is 6.35. The molecule has 240 valence electrons. The zero-order valence-electron chi connectivity index (χ0n) is 25.8. The van der Waals surface area contributed by atoms with Crippen molar-refractivity contribution >= 4 is 86.5 Å². The largest absolute Gasteiger partial charge is 0.463 e. The van der Waals surface area contributed by atoms with Gasteiger partial charge in [-0.3, -0.25) is 14.2 Å². The van der Waals surface area contributed by atoms with Gasteiger partial charge in [-0.15, -0.1) is 0 Å². The van der Waals surface area contributed by atoms with Crippen LogP contribution < -0.4 is 0 Å². The average molecular weight is 708 g/mol. The number of nitrogens with zero attached hydrogens (tertiary/aromatic N) is 4. The van der Waals surface area contributed by atoms with Crippen molar-refractivity contribution in [1.29, 1.82) is 0 Å². The normalized spacial score (nSPS) is 11.2. The molecule has 0 aliphatic carbocycles. The van der Waals surface area contributed by atoms with Crippen LogP contribution in [0.3, 0.4) is 0 Å². The SMILES string of the molecule is CCOC(=O)/C=C/c1nn(Cc2ccc(Cl)cc2Cl)c2cc(C)ccc12.Cc1ccc2c(C=O)nn(Cc3ccc(Cl)cc3Cl)c2c1. The lowest BCUT2D eigenvalue weighted by Crippen LogP contribution is -2.03. The number of hydrogen-bond donors (Lipinski definition) is 0. The first-order valence-electron chi connectivity index (χ1n) is 14.7. The molecule has 6 rings (SSSR count). The van der Waals surface area contributed by atoms with Crippen molar-refractivity contribution in [2.45, 2.75) is 33.9 Å². The number of esters is 1. The number of carbonyl (C=O) groups is 2. The predicted octanol–water partition coefficient (Wildman–Crippen LogP) is 9.79. The summed E-state index contributed by atoms with van der Waals surface area (Å²) in [7, 11) is 0. The molecule has 0 atom stereocenters. The van der Waals surface area contributed by atoms with E-state index in [1.165, 1.54) is 6.08 Å². The Morgan fingerprint density at radius 1 is 0.723 bits per heavy atom. The van der Waals surface area contributed by atoms with Crippen molar-refractivity contribution in [2.75, 3.05) is 6.61 Å². The summed E-state index contributed by atoms with van der Waals surface area (Å²) in [4.78, 5) is 22.8. The number of aldehydes is 1. The lowest BCUT2D eigenvalue weighted by atomic mass is 10.1. The number of ether oxygens (including phenoxy) is 1. The first-order chi connectivity index (χ1) is 22.6. The van der Waals surface area contributed by atoms with E-state index in [0.717, 1.165) is 50.3 Å². The maximum absolute atomic E-state index is 11.6. The number of hydrogen-bond acceptors (Lipinski definition) is 5. The van der Waals surface area contributed by atoms with Crippen LogP contribution in [0.2, 0.25) is 20.1 Å². The quantitative estimate of drug-likeness (QED) is 0.0894. The Morgan fingerprint density at radius 2 is 1.21 bits per heavy atom. The molecule has 0 aliphatic heterocycles. The van der Waals surface area contributed by atoms with Gasteiger partial charge in [-0.2, -0.15) is 10.2 Å². The Bertz CT molecular complexity index is 2130. The fraction of sp³-hybridized carbons (Fsp3) is 0.167. The summed E-state index contributed by atoms with van der Waals surface area (Å²) in [5.41, 5.74) is 7.10. The molecule has 6 aromatic rings. The molecule has 0 saturated heterocycles. The van der Waals surface area contributed by atoms with E-state index in [4.69, 9.17) is 51.1 Å². The minimum atomic E-state index is -0.386. The minimum Gasteiger partial charge on any atom is -0.463 e. The zero-order chi connectivity index (χ0) is 33.7. The highest BCUT2D eigenvalue weighted by Crippen LogP contribution is 2.27. The molecule has 2 heterocycles. The topological polar surface area (TPSA) is 79.0 Å². The Hall–Kier alpha value is -4.14. The smallest absolute Gasteiger partial charge is 0.330 e. The van der Waals surface area contributed by atoms with Gasteiger partial charge in [0.25, 0.3) is 0 Å². The van der Waals surface area contributed by atoms with Crippen LogP contribution >= 0.6 is 46.4 Å². The molecule has 4 aromatic carbocycles. The molecule has 11 heteroatoms. The van der Waals surface area contributed by atoms with Gasteiger partial charge in [0, 0.05) is 36.9 Å². The maximum atomic E-state index is 11.6. The van der Waals surface area contributed by atoms with Gasteiger partial charge >= 0.3 is 5.97 Å². The van der Waals surface area contributed by atoms with Crippen molar-refractivity contribution in [3.8, 4) is 0 Å². The second-order valence-corrected chi connectivity index (χ2v) is 12.5. The van der Waals surface area contributed by atoms with Gasteiger partial charge in [-0.1, -0.05) is 82.8 Å². The summed E-state index contributed by atoms with van der Waals surface area (Å²) in [5.74, 6) is -0.386. The van der Waals surface area contributed by atoms with Crippen molar-refractivity contribution in [3.05, 3.63) is 133 Å². The summed E-state index contributed by atoms with van der Waals surface area (Å²) >= 11 is 24.4. The van der Waals surface area contributed by atoms with Crippen molar-refractivity contribution < 1.29 is 14.3 Å². The third-order valence-corrected chi connectivity index (χ3v) is 8.49. The van der Waals surface area contributed by atoms with Crippen molar-refractivity contribution in [3.63, 3.8) is 0 Å². The van der Waals surface area contributed by atoms with E-state index in [9.17, 15) is 9.59 Å². The highest BCUT2D eigenvalue weighted by Gasteiger charge is 2.13. The number of carbonyl (C=O) groups excluding carboxylic acids is 2. The van der Waals surface area contributed by atoms with Crippen molar-refractivity contribution in [1.82, 2.24) is 19.6 Å². The summed E-state index contributed by atoms with van der Waals surface area (Å²) in [6.45, 7) is 7.14. The monoisotopic (exact) mass is 706 g/mol. The minimum absolute atomic E-state index is 0.340. The lowest BCUT2D eigenvalue weighted by Gasteiger charge is -2.07. The van der Waals surface area contributed by atoms with Gasteiger partial charge in [0.15, 0.2) is 6.29 Å². The second kappa shape index (κ2) is 15.2. The van der Waals surface area contributed by atoms with Gasteiger partial charge < -0.3 is 4.74 Å². The summed E-state index contributed by atoms with van der Waals surface area (Å²) in [6, 6.07) is 22.8. The third kappa shape index (κ3) is 8.24. The van der Waals surface area contributed by atoms with Gasteiger partial charge in [0.1, 0.15) is 5.69 Å². The van der Waals surface area contributed by atoms with Crippen LogP contribution in [0.25, 0.3) is 27.9 Å². The molecule has 0 spiro atoms. The fourth-order valence-corrected chi connectivity index (χ4v) is 5.97. The number of halogens is 4. The number of aryl methyl sites for hydroxylation is 2. The number of fused-ring (bicyclic) bond motifs is 2. The van der Waals surface area contributed by atoms with Gasteiger partial charge in [0.2, 0.25) is 0 Å². The molecule has 2 aromatic heterocycles. The first-order valence-corrected chi connectivity index (χ1v) is 16.2. The molecule has 0 amide bonds. The molecule has 47 heavy (non-hydrogen) atoms. The van der Waals surface area contributed by atoms with Gasteiger partial charge in [0.05, 0.1) is 36.4 Å². The van der Waals surface area contributed by atoms with Crippen LogP contribution in [0.5, 0.6) is 0 Å². The molecule has 0 saturated carbocycles.